The Morgan fingerprint density at radius 3 is 2.68 bits per heavy atom. The molecule has 2 aromatic heterocycles. The van der Waals surface area contributed by atoms with Crippen molar-refractivity contribution in [1.29, 1.82) is 0 Å². The van der Waals surface area contributed by atoms with Crippen molar-refractivity contribution in [2.45, 2.75) is 6.54 Å². The molecule has 3 heterocycles. The van der Waals surface area contributed by atoms with E-state index in [-0.39, 0.29) is 11.4 Å². The van der Waals surface area contributed by atoms with Gasteiger partial charge in [-0.2, -0.15) is 5.10 Å². The van der Waals surface area contributed by atoms with Gasteiger partial charge in [0.15, 0.2) is 0 Å². The quantitative estimate of drug-likeness (QED) is 0.742. The highest BCUT2D eigenvalue weighted by atomic mass is 19.1. The lowest BCUT2D eigenvalue weighted by Gasteiger charge is -2.32. The number of aromatic nitrogens is 3. The predicted molar refractivity (Wildman–Crippen MR) is 106 cm³/mol. The number of pyridine rings is 1. The van der Waals surface area contributed by atoms with Crippen molar-refractivity contribution in [3.63, 3.8) is 0 Å². The molecule has 28 heavy (non-hydrogen) atoms. The summed E-state index contributed by atoms with van der Waals surface area (Å²) in [5, 5.41) is 7.38. The number of H-pyrrole nitrogens is 1. The number of methoxy groups -OCH3 is 1. The third-order valence-corrected chi connectivity index (χ3v) is 5.45. The maximum atomic E-state index is 15.1. The van der Waals surface area contributed by atoms with Crippen LogP contribution >= 0.6 is 0 Å². The Kier molecular flexibility index (Phi) is 4.91. The second kappa shape index (κ2) is 7.37. The summed E-state index contributed by atoms with van der Waals surface area (Å²) in [6, 6.07) is 3.35. The standard InChI is InChI=1S/C20H24FN5O2/c1-24-4-6-26(7-5-24)12-16-17(21)8-13(9-18(16)28-3)15-11-25(2)20(27)19-14(15)10-22-23-19/h8-11H,4-7,12H2,1-3H3,(H,22,23). The van der Waals surface area contributed by atoms with Gasteiger partial charge >= 0.3 is 0 Å². The number of piperazine rings is 1. The molecule has 0 atom stereocenters. The molecule has 0 amide bonds. The van der Waals surface area contributed by atoms with Gasteiger partial charge in [-0.15, -0.1) is 0 Å². The second-order valence-electron chi connectivity index (χ2n) is 7.34. The fraction of sp³-hybridized carbons (Fsp3) is 0.400. The molecule has 0 bridgehead atoms. The zero-order valence-electron chi connectivity index (χ0n) is 16.3. The van der Waals surface area contributed by atoms with E-state index < -0.39 is 0 Å². The van der Waals surface area contributed by atoms with Crippen LogP contribution in [0.4, 0.5) is 4.39 Å². The van der Waals surface area contributed by atoms with Gasteiger partial charge in [0.25, 0.3) is 5.56 Å². The number of nitrogens with one attached hydrogen (secondary N) is 1. The largest absolute Gasteiger partial charge is 0.496 e. The maximum absolute atomic E-state index is 15.1. The van der Waals surface area contributed by atoms with E-state index >= 15 is 4.39 Å². The van der Waals surface area contributed by atoms with E-state index in [4.69, 9.17) is 4.74 Å². The summed E-state index contributed by atoms with van der Waals surface area (Å²) in [5.41, 5.74) is 2.17. The molecule has 148 valence electrons. The Morgan fingerprint density at radius 2 is 1.96 bits per heavy atom. The number of aryl methyl sites for hydroxylation is 1. The van der Waals surface area contributed by atoms with Gasteiger partial charge in [0.05, 0.1) is 13.3 Å². The monoisotopic (exact) mass is 385 g/mol. The summed E-state index contributed by atoms with van der Waals surface area (Å²) in [5.74, 6) is 0.207. The van der Waals surface area contributed by atoms with Gasteiger partial charge in [0, 0.05) is 62.5 Å². The molecule has 1 aliphatic heterocycles. The summed E-state index contributed by atoms with van der Waals surface area (Å²) >= 11 is 0. The molecule has 7 nitrogen and oxygen atoms in total. The predicted octanol–water partition coefficient (Wildman–Crippen LogP) is 1.82. The van der Waals surface area contributed by atoms with Gasteiger partial charge in [-0.25, -0.2) is 4.39 Å². The summed E-state index contributed by atoms with van der Waals surface area (Å²) in [6.07, 6.45) is 3.29. The molecular formula is C20H24FN5O2. The molecule has 0 unspecified atom stereocenters. The summed E-state index contributed by atoms with van der Waals surface area (Å²) in [4.78, 5) is 16.7. The van der Waals surface area contributed by atoms with Crippen LogP contribution in [0.3, 0.4) is 0 Å². The number of aromatic amines is 1. The van der Waals surface area contributed by atoms with Crippen molar-refractivity contribution in [3.05, 3.63) is 46.3 Å². The molecule has 8 heteroatoms. The van der Waals surface area contributed by atoms with Crippen molar-refractivity contribution in [1.82, 2.24) is 24.6 Å². The van der Waals surface area contributed by atoms with E-state index in [0.717, 1.165) is 31.7 Å². The van der Waals surface area contributed by atoms with Gasteiger partial charge in [-0.3, -0.25) is 14.8 Å². The third kappa shape index (κ3) is 3.29. The van der Waals surface area contributed by atoms with E-state index in [2.05, 4.69) is 27.0 Å². The first-order valence-corrected chi connectivity index (χ1v) is 9.28. The van der Waals surface area contributed by atoms with Crippen molar-refractivity contribution in [3.8, 4) is 16.9 Å². The van der Waals surface area contributed by atoms with E-state index in [1.807, 2.05) is 6.07 Å². The Hall–Kier alpha value is -2.71. The Balaban J connectivity index is 1.75. The van der Waals surface area contributed by atoms with Crippen molar-refractivity contribution >= 4 is 10.9 Å². The highest BCUT2D eigenvalue weighted by Crippen LogP contribution is 2.33. The third-order valence-electron chi connectivity index (χ3n) is 5.45. The van der Waals surface area contributed by atoms with E-state index in [9.17, 15) is 4.79 Å². The molecule has 0 aliphatic carbocycles. The van der Waals surface area contributed by atoms with E-state index in [1.54, 1.807) is 26.6 Å². The first-order valence-electron chi connectivity index (χ1n) is 9.28. The first kappa shape index (κ1) is 18.6. The number of halogens is 1. The molecule has 0 spiro atoms. The first-order chi connectivity index (χ1) is 13.5. The van der Waals surface area contributed by atoms with Gasteiger partial charge in [-0.05, 0) is 24.7 Å². The van der Waals surface area contributed by atoms with Gasteiger partial charge in [0.1, 0.15) is 17.1 Å². The fourth-order valence-corrected chi connectivity index (χ4v) is 3.71. The number of hydrogen-bond donors (Lipinski definition) is 1. The summed E-state index contributed by atoms with van der Waals surface area (Å²) < 4.78 is 22.1. The maximum Gasteiger partial charge on any atom is 0.276 e. The summed E-state index contributed by atoms with van der Waals surface area (Å²) in [7, 11) is 5.32. The van der Waals surface area contributed by atoms with Crippen molar-refractivity contribution < 1.29 is 9.13 Å². The molecule has 1 aromatic carbocycles. The average molecular weight is 385 g/mol. The average Bonchev–Trinajstić information content (AvgIpc) is 3.18. The lowest BCUT2D eigenvalue weighted by Crippen LogP contribution is -2.44. The van der Waals surface area contributed by atoms with Crippen LogP contribution in [-0.4, -0.2) is 64.9 Å². The topological polar surface area (TPSA) is 66.4 Å². The smallest absolute Gasteiger partial charge is 0.276 e. The van der Waals surface area contributed by atoms with Crippen LogP contribution in [0.1, 0.15) is 5.56 Å². The number of fused-ring (bicyclic) bond motifs is 1. The van der Waals surface area contributed by atoms with Crippen LogP contribution < -0.4 is 10.3 Å². The molecule has 1 N–H and O–H groups in total. The van der Waals surface area contributed by atoms with Crippen molar-refractivity contribution in [2.24, 2.45) is 7.05 Å². The highest BCUT2D eigenvalue weighted by molar-refractivity contribution is 5.93. The fourth-order valence-electron chi connectivity index (χ4n) is 3.71. The Bertz CT molecular complexity index is 1070. The molecule has 4 rings (SSSR count). The minimum atomic E-state index is -0.307. The minimum Gasteiger partial charge on any atom is -0.496 e. The number of likely N-dealkylation sites (N-methyl/N-ethyl adjacent to an activating group) is 1. The van der Waals surface area contributed by atoms with Crippen LogP contribution in [0, 0.1) is 5.82 Å². The van der Waals surface area contributed by atoms with Crippen LogP contribution in [0.15, 0.2) is 29.3 Å². The van der Waals surface area contributed by atoms with Gasteiger partial charge in [-0.1, -0.05) is 0 Å². The zero-order valence-corrected chi connectivity index (χ0v) is 16.3. The van der Waals surface area contributed by atoms with E-state index in [0.29, 0.717) is 34.3 Å². The lowest BCUT2D eigenvalue weighted by molar-refractivity contribution is 0.145. The number of hydrogen-bond acceptors (Lipinski definition) is 5. The highest BCUT2D eigenvalue weighted by Gasteiger charge is 2.20. The van der Waals surface area contributed by atoms with Crippen LogP contribution in [-0.2, 0) is 13.6 Å². The molecule has 1 fully saturated rings. The molecule has 1 saturated heterocycles. The van der Waals surface area contributed by atoms with Gasteiger partial charge in [0.2, 0.25) is 0 Å². The number of benzene rings is 1. The molecule has 0 saturated carbocycles. The van der Waals surface area contributed by atoms with E-state index in [1.165, 1.54) is 10.6 Å². The number of nitrogens with zero attached hydrogens (tertiary/aromatic N) is 4. The molecular weight excluding hydrogens is 361 g/mol. The zero-order chi connectivity index (χ0) is 19.8. The molecule has 1 aliphatic rings. The Labute approximate surface area is 162 Å². The van der Waals surface area contributed by atoms with Gasteiger partial charge < -0.3 is 14.2 Å². The SMILES string of the molecule is COc1cc(-c2cn(C)c(=O)c3[nH]ncc23)cc(F)c1CN1CCN(C)CC1. The minimum absolute atomic E-state index is 0.171. The molecule has 3 aromatic rings. The van der Waals surface area contributed by atoms with Crippen LogP contribution in [0.2, 0.25) is 0 Å². The Morgan fingerprint density at radius 1 is 1.21 bits per heavy atom. The molecule has 0 radical (unpaired) electrons. The number of ether oxygens (including phenoxy) is 1. The van der Waals surface area contributed by atoms with Crippen molar-refractivity contribution in [2.75, 3.05) is 40.3 Å². The normalized spacial score (nSPS) is 16.0. The summed E-state index contributed by atoms with van der Waals surface area (Å²) in [6.45, 7) is 4.25. The second-order valence-corrected chi connectivity index (χ2v) is 7.34. The lowest BCUT2D eigenvalue weighted by atomic mass is 10.0. The van der Waals surface area contributed by atoms with Crippen LogP contribution in [0.5, 0.6) is 5.75 Å². The number of rotatable bonds is 4. The van der Waals surface area contributed by atoms with Crippen LogP contribution in [0.25, 0.3) is 22.0 Å².